The third-order valence-electron chi connectivity index (χ3n) is 5.67. The average Bonchev–Trinajstić information content (AvgIpc) is 3.06. The average molecular weight is 446 g/mol. The largest absolute Gasteiger partial charge is 0.507 e. The molecule has 1 fully saturated rings. The molecule has 1 aliphatic heterocycles. The Bertz CT molecular complexity index is 1220. The molecular formula is C27H27NO5. The fourth-order valence-corrected chi connectivity index (χ4v) is 4.26. The van der Waals surface area contributed by atoms with Crippen molar-refractivity contribution < 1.29 is 24.2 Å². The number of Topliss-reactive ketones (excluding diaryl/α,β-unsaturated/α-hetero) is 1. The predicted molar refractivity (Wildman–Crippen MR) is 127 cm³/mol. The minimum absolute atomic E-state index is 0.0438. The zero-order chi connectivity index (χ0) is 23.5. The molecule has 1 N–H and O–H groups in total. The third-order valence-corrected chi connectivity index (χ3v) is 5.67. The van der Waals surface area contributed by atoms with Crippen molar-refractivity contribution in [2.75, 3.05) is 20.3 Å². The van der Waals surface area contributed by atoms with Crippen LogP contribution in [-0.2, 0) is 14.3 Å². The zero-order valence-corrected chi connectivity index (χ0v) is 18.9. The van der Waals surface area contributed by atoms with Crippen LogP contribution in [0.5, 0.6) is 5.75 Å². The summed E-state index contributed by atoms with van der Waals surface area (Å²) >= 11 is 0. The molecule has 1 heterocycles. The minimum Gasteiger partial charge on any atom is -0.507 e. The molecule has 0 aromatic heterocycles. The van der Waals surface area contributed by atoms with Gasteiger partial charge in [0.05, 0.1) is 24.3 Å². The number of rotatable bonds is 7. The van der Waals surface area contributed by atoms with Gasteiger partial charge in [0.1, 0.15) is 11.5 Å². The Labute approximate surface area is 193 Å². The van der Waals surface area contributed by atoms with Crippen molar-refractivity contribution in [1.82, 2.24) is 4.90 Å². The van der Waals surface area contributed by atoms with Crippen LogP contribution >= 0.6 is 0 Å². The highest BCUT2D eigenvalue weighted by Gasteiger charge is 2.46. The highest BCUT2D eigenvalue weighted by molar-refractivity contribution is 6.46. The van der Waals surface area contributed by atoms with Gasteiger partial charge in [-0.25, -0.2) is 0 Å². The van der Waals surface area contributed by atoms with Crippen LogP contribution in [0.15, 0.2) is 72.3 Å². The third kappa shape index (κ3) is 4.34. The van der Waals surface area contributed by atoms with Crippen LogP contribution in [0, 0.1) is 0 Å². The summed E-state index contributed by atoms with van der Waals surface area (Å²) in [7, 11) is 1.55. The van der Waals surface area contributed by atoms with Crippen molar-refractivity contribution in [3.05, 3.63) is 83.4 Å². The van der Waals surface area contributed by atoms with Crippen molar-refractivity contribution in [2.45, 2.75) is 26.0 Å². The summed E-state index contributed by atoms with van der Waals surface area (Å²) in [5.41, 5.74) is 1.26. The molecular weight excluding hydrogens is 418 g/mol. The molecule has 1 amide bonds. The number of ketones is 1. The number of likely N-dealkylation sites (tertiary alicyclic amines) is 1. The summed E-state index contributed by atoms with van der Waals surface area (Å²) in [6, 6.07) is 19.7. The van der Waals surface area contributed by atoms with E-state index in [2.05, 4.69) is 0 Å². The lowest BCUT2D eigenvalue weighted by atomic mass is 9.91. The summed E-state index contributed by atoms with van der Waals surface area (Å²) in [5, 5.41) is 13.2. The maximum atomic E-state index is 13.2. The highest BCUT2D eigenvalue weighted by Crippen LogP contribution is 2.42. The summed E-state index contributed by atoms with van der Waals surface area (Å²) in [6.45, 7) is 4.32. The molecule has 33 heavy (non-hydrogen) atoms. The summed E-state index contributed by atoms with van der Waals surface area (Å²) in [4.78, 5) is 27.7. The molecule has 3 aromatic carbocycles. The molecule has 170 valence electrons. The van der Waals surface area contributed by atoms with Gasteiger partial charge in [-0.15, -0.1) is 0 Å². The molecule has 1 atom stereocenters. The van der Waals surface area contributed by atoms with Gasteiger partial charge in [-0.05, 0) is 42.3 Å². The van der Waals surface area contributed by atoms with Gasteiger partial charge in [-0.1, -0.05) is 54.6 Å². The van der Waals surface area contributed by atoms with Crippen molar-refractivity contribution >= 4 is 28.2 Å². The van der Waals surface area contributed by atoms with Crippen molar-refractivity contribution in [1.29, 1.82) is 0 Å². The van der Waals surface area contributed by atoms with E-state index in [1.807, 2.05) is 56.3 Å². The molecule has 1 saturated heterocycles. The number of hydrogen-bond donors (Lipinski definition) is 1. The maximum Gasteiger partial charge on any atom is 0.295 e. The van der Waals surface area contributed by atoms with Crippen LogP contribution in [0.2, 0.25) is 0 Å². The number of hydrogen-bond acceptors (Lipinski definition) is 5. The Balaban J connectivity index is 1.91. The molecule has 0 saturated carbocycles. The first-order valence-corrected chi connectivity index (χ1v) is 10.9. The van der Waals surface area contributed by atoms with Crippen molar-refractivity contribution in [2.24, 2.45) is 0 Å². The summed E-state index contributed by atoms with van der Waals surface area (Å²) in [5.74, 6) is -1.01. The number of aliphatic hydroxyl groups excluding tert-OH is 1. The first-order chi connectivity index (χ1) is 15.9. The maximum absolute atomic E-state index is 13.2. The van der Waals surface area contributed by atoms with Crippen molar-refractivity contribution in [3.8, 4) is 5.75 Å². The Morgan fingerprint density at radius 2 is 1.76 bits per heavy atom. The smallest absolute Gasteiger partial charge is 0.295 e. The number of nitrogens with zero attached hydrogens (tertiary/aromatic N) is 1. The second-order valence-corrected chi connectivity index (χ2v) is 8.25. The van der Waals surface area contributed by atoms with E-state index in [0.717, 1.165) is 16.3 Å². The minimum atomic E-state index is -0.735. The molecule has 3 aromatic rings. The van der Waals surface area contributed by atoms with Crippen LogP contribution in [0.4, 0.5) is 0 Å². The van der Waals surface area contributed by atoms with Gasteiger partial charge in [-0.2, -0.15) is 0 Å². The molecule has 0 aliphatic carbocycles. The van der Waals surface area contributed by atoms with E-state index in [9.17, 15) is 14.7 Å². The van der Waals surface area contributed by atoms with E-state index in [-0.39, 0.29) is 30.6 Å². The van der Waals surface area contributed by atoms with E-state index in [0.29, 0.717) is 11.3 Å². The number of fused-ring (bicyclic) bond motifs is 1. The lowest BCUT2D eigenvalue weighted by Crippen LogP contribution is -2.32. The van der Waals surface area contributed by atoms with Crippen molar-refractivity contribution in [3.63, 3.8) is 0 Å². The fraction of sp³-hybridized carbons (Fsp3) is 0.259. The van der Waals surface area contributed by atoms with Crippen LogP contribution in [0.25, 0.3) is 16.5 Å². The molecule has 1 aliphatic rings. The van der Waals surface area contributed by atoms with E-state index in [1.165, 1.54) is 4.90 Å². The monoisotopic (exact) mass is 445 g/mol. The first-order valence-electron chi connectivity index (χ1n) is 10.9. The van der Waals surface area contributed by atoms with Gasteiger partial charge in [0.25, 0.3) is 11.7 Å². The number of carbonyl (C=O) groups excluding carboxylic acids is 2. The van der Waals surface area contributed by atoms with Gasteiger partial charge in [0.2, 0.25) is 0 Å². The molecule has 4 rings (SSSR count). The lowest BCUT2D eigenvalue weighted by molar-refractivity contribution is -0.140. The normalized spacial score (nSPS) is 17.8. The Kier molecular flexibility index (Phi) is 6.47. The number of ether oxygens (including phenoxy) is 2. The van der Waals surface area contributed by atoms with Crippen LogP contribution in [0.1, 0.15) is 31.0 Å². The number of methoxy groups -OCH3 is 1. The quantitative estimate of drug-likeness (QED) is 0.324. The highest BCUT2D eigenvalue weighted by atomic mass is 16.5. The Morgan fingerprint density at radius 1 is 1.03 bits per heavy atom. The molecule has 6 heteroatoms. The first kappa shape index (κ1) is 22.6. The van der Waals surface area contributed by atoms with Gasteiger partial charge >= 0.3 is 0 Å². The number of carbonyl (C=O) groups is 2. The number of amides is 1. The SMILES string of the molecule is COCCN1C(=O)C(=O)/C(=C(\O)c2cccc(OC(C)C)c2)C1c1cccc2ccccc12. The Morgan fingerprint density at radius 3 is 2.52 bits per heavy atom. The van der Waals surface area contributed by atoms with E-state index in [4.69, 9.17) is 9.47 Å². The van der Waals surface area contributed by atoms with Gasteiger partial charge in [0, 0.05) is 19.2 Å². The van der Waals surface area contributed by atoms with E-state index >= 15 is 0 Å². The second kappa shape index (κ2) is 9.46. The van der Waals surface area contributed by atoms with Gasteiger partial charge in [0.15, 0.2) is 0 Å². The molecule has 0 bridgehead atoms. The molecule has 1 unspecified atom stereocenters. The molecule has 6 nitrogen and oxygen atoms in total. The summed E-state index contributed by atoms with van der Waals surface area (Å²) in [6.07, 6.45) is -0.0438. The van der Waals surface area contributed by atoms with Gasteiger partial charge in [-0.3, -0.25) is 9.59 Å². The topological polar surface area (TPSA) is 76.1 Å². The van der Waals surface area contributed by atoms with Crippen LogP contribution in [0.3, 0.4) is 0 Å². The zero-order valence-electron chi connectivity index (χ0n) is 18.9. The summed E-state index contributed by atoms with van der Waals surface area (Å²) < 4.78 is 10.9. The predicted octanol–water partition coefficient (Wildman–Crippen LogP) is 4.70. The lowest BCUT2D eigenvalue weighted by Gasteiger charge is -2.26. The Hall–Kier alpha value is -3.64. The van der Waals surface area contributed by atoms with E-state index in [1.54, 1.807) is 31.4 Å². The number of benzene rings is 3. The molecule has 0 radical (unpaired) electrons. The standard InChI is InChI=1S/C27H27NO5/c1-17(2)33-20-11-6-10-19(16-20)25(29)23-24(28(14-15-32-3)27(31)26(23)30)22-13-7-9-18-8-4-5-12-21(18)22/h4-13,16-17,24,29H,14-15H2,1-3H3/b25-23-. The fourth-order valence-electron chi connectivity index (χ4n) is 4.26. The van der Waals surface area contributed by atoms with E-state index < -0.39 is 17.7 Å². The number of aliphatic hydroxyl groups is 1. The molecule has 0 spiro atoms. The van der Waals surface area contributed by atoms with Crippen LogP contribution < -0.4 is 4.74 Å². The van der Waals surface area contributed by atoms with Crippen LogP contribution in [-0.4, -0.2) is 48.1 Å². The second-order valence-electron chi connectivity index (χ2n) is 8.25. The van der Waals surface area contributed by atoms with Gasteiger partial charge < -0.3 is 19.5 Å².